The maximum atomic E-state index is 11.4. The number of benzene rings is 2. The van der Waals surface area contributed by atoms with Crippen LogP contribution in [0.5, 0.6) is 11.5 Å². The first-order valence-corrected chi connectivity index (χ1v) is 8.17. The maximum absolute atomic E-state index is 11.4. The minimum absolute atomic E-state index is 0.206. The van der Waals surface area contributed by atoms with Gasteiger partial charge in [0, 0.05) is 22.6 Å². The molecule has 0 bridgehead atoms. The van der Waals surface area contributed by atoms with Gasteiger partial charge in [0.1, 0.15) is 11.3 Å². The fourth-order valence-corrected chi connectivity index (χ4v) is 2.59. The van der Waals surface area contributed by atoms with Gasteiger partial charge < -0.3 is 10.1 Å². The molecule has 0 atom stereocenters. The highest BCUT2D eigenvalue weighted by Gasteiger charge is 2.09. The van der Waals surface area contributed by atoms with Crippen molar-refractivity contribution in [3.8, 4) is 11.5 Å². The van der Waals surface area contributed by atoms with Crippen LogP contribution in [0.3, 0.4) is 0 Å². The van der Waals surface area contributed by atoms with Gasteiger partial charge in [-0.2, -0.15) is 0 Å². The molecule has 120 valence electrons. The minimum atomic E-state index is -0.206. The Morgan fingerprint density at radius 2 is 2.00 bits per heavy atom. The summed E-state index contributed by atoms with van der Waals surface area (Å²) in [4.78, 5) is 15.8. The Bertz CT molecular complexity index is 892. The molecule has 0 spiro atoms. The average molecular weight is 383 g/mol. The lowest BCUT2D eigenvalue weighted by Gasteiger charge is -2.12. The van der Waals surface area contributed by atoms with Crippen molar-refractivity contribution >= 4 is 32.7 Å². The molecule has 0 saturated carbocycles. The highest BCUT2D eigenvalue weighted by molar-refractivity contribution is 9.10. The Kier molecular flexibility index (Phi) is 4.91. The van der Waals surface area contributed by atoms with Crippen molar-refractivity contribution in [3.05, 3.63) is 77.4 Å². The number of nitrogens with zero attached hydrogens (tertiary/aromatic N) is 1. The Morgan fingerprint density at radius 3 is 2.75 bits per heavy atom. The molecule has 2 aromatic carbocycles. The van der Waals surface area contributed by atoms with E-state index >= 15 is 0 Å². The summed E-state index contributed by atoms with van der Waals surface area (Å²) >= 11 is 3.41. The molecule has 0 unspecified atom stereocenters. The van der Waals surface area contributed by atoms with Gasteiger partial charge in [0.2, 0.25) is 5.91 Å². The number of pyridine rings is 1. The molecule has 1 amide bonds. The molecule has 0 saturated heterocycles. The molecule has 3 aromatic rings. The van der Waals surface area contributed by atoms with Crippen molar-refractivity contribution in [2.75, 3.05) is 0 Å². The molecule has 5 heteroatoms. The number of ether oxygens (including phenoxy) is 1. The van der Waals surface area contributed by atoms with Crippen LogP contribution in [0.4, 0.5) is 0 Å². The number of carbonyl (C=O) groups is 1. The highest BCUT2D eigenvalue weighted by atomic mass is 79.9. The number of halogens is 1. The van der Waals surface area contributed by atoms with Crippen molar-refractivity contribution in [3.63, 3.8) is 0 Å². The van der Waals surface area contributed by atoms with Gasteiger partial charge in [0.25, 0.3) is 0 Å². The van der Waals surface area contributed by atoms with E-state index in [-0.39, 0.29) is 5.91 Å². The summed E-state index contributed by atoms with van der Waals surface area (Å²) in [5, 5.41) is 3.73. The summed E-state index contributed by atoms with van der Waals surface area (Å²) in [7, 11) is 0. The summed E-state index contributed by atoms with van der Waals surface area (Å²) in [6.07, 6.45) is 2.98. The van der Waals surface area contributed by atoms with Gasteiger partial charge in [-0.3, -0.25) is 9.78 Å². The number of fused-ring (bicyclic) bond motifs is 1. The van der Waals surface area contributed by atoms with Gasteiger partial charge in [0.15, 0.2) is 5.75 Å². The average Bonchev–Trinajstić information content (AvgIpc) is 2.62. The van der Waals surface area contributed by atoms with Crippen LogP contribution in [0.1, 0.15) is 5.56 Å². The summed E-state index contributed by atoms with van der Waals surface area (Å²) in [6.45, 7) is 3.86. The highest BCUT2D eigenvalue weighted by Crippen LogP contribution is 2.31. The number of aromatic nitrogens is 1. The lowest BCUT2D eigenvalue weighted by Crippen LogP contribution is -2.20. The second-order valence-corrected chi connectivity index (χ2v) is 6.02. The molecule has 1 heterocycles. The predicted molar refractivity (Wildman–Crippen MR) is 98.0 cm³/mol. The van der Waals surface area contributed by atoms with Crippen LogP contribution in [0.15, 0.2) is 71.9 Å². The van der Waals surface area contributed by atoms with E-state index < -0.39 is 0 Å². The van der Waals surface area contributed by atoms with Crippen LogP contribution in [0.2, 0.25) is 0 Å². The molecular weight excluding hydrogens is 368 g/mol. The van der Waals surface area contributed by atoms with Crippen LogP contribution in [0.25, 0.3) is 10.9 Å². The third-order valence-corrected chi connectivity index (χ3v) is 4.03. The second-order valence-electron chi connectivity index (χ2n) is 5.10. The molecule has 0 radical (unpaired) electrons. The topological polar surface area (TPSA) is 51.2 Å². The summed E-state index contributed by atoms with van der Waals surface area (Å²) in [6, 6.07) is 15.2. The third-order valence-electron chi connectivity index (χ3n) is 3.50. The molecular formula is C19H15BrN2O2. The van der Waals surface area contributed by atoms with Crippen molar-refractivity contribution in [1.29, 1.82) is 0 Å². The molecule has 0 fully saturated rings. The summed E-state index contributed by atoms with van der Waals surface area (Å²) in [5.74, 6) is 1.20. The number of carbonyl (C=O) groups excluding carboxylic acids is 1. The zero-order chi connectivity index (χ0) is 16.9. The van der Waals surface area contributed by atoms with E-state index in [1.54, 1.807) is 6.20 Å². The monoisotopic (exact) mass is 382 g/mol. The molecule has 24 heavy (non-hydrogen) atoms. The Labute approximate surface area is 148 Å². The van der Waals surface area contributed by atoms with E-state index in [0.717, 1.165) is 26.7 Å². The van der Waals surface area contributed by atoms with Gasteiger partial charge in [0.05, 0.1) is 0 Å². The summed E-state index contributed by atoms with van der Waals surface area (Å²) in [5.41, 5.74) is 1.72. The largest absolute Gasteiger partial charge is 0.455 e. The first-order chi connectivity index (χ1) is 11.7. The number of hydrogen-bond acceptors (Lipinski definition) is 3. The van der Waals surface area contributed by atoms with E-state index in [1.807, 2.05) is 48.5 Å². The lowest BCUT2D eigenvalue weighted by molar-refractivity contribution is -0.116. The van der Waals surface area contributed by atoms with E-state index in [9.17, 15) is 4.79 Å². The zero-order valence-electron chi connectivity index (χ0n) is 12.8. The van der Waals surface area contributed by atoms with Crippen molar-refractivity contribution < 1.29 is 9.53 Å². The second kappa shape index (κ2) is 7.27. The van der Waals surface area contributed by atoms with E-state index in [4.69, 9.17) is 4.74 Å². The standard InChI is InChI=1S/C19H15BrN2O2/c1-2-18(23)22-12-13-5-10-17(19-16(13)4-3-11-21-19)24-15-8-6-14(20)7-9-15/h2-11H,1,12H2,(H,22,23). The Hall–Kier alpha value is -2.66. The minimum Gasteiger partial charge on any atom is -0.455 e. The molecule has 4 nitrogen and oxygen atoms in total. The van der Waals surface area contributed by atoms with E-state index in [2.05, 4.69) is 32.8 Å². The van der Waals surface area contributed by atoms with Gasteiger partial charge in [-0.05, 0) is 48.0 Å². The number of rotatable bonds is 5. The molecule has 1 aromatic heterocycles. The van der Waals surface area contributed by atoms with Gasteiger partial charge >= 0.3 is 0 Å². The Balaban J connectivity index is 1.94. The van der Waals surface area contributed by atoms with Gasteiger partial charge in [-0.15, -0.1) is 0 Å². The van der Waals surface area contributed by atoms with Crippen LogP contribution in [-0.2, 0) is 11.3 Å². The van der Waals surface area contributed by atoms with Crippen LogP contribution in [0, 0.1) is 0 Å². The van der Waals surface area contributed by atoms with Crippen molar-refractivity contribution in [2.24, 2.45) is 0 Å². The molecule has 1 N–H and O–H groups in total. The fourth-order valence-electron chi connectivity index (χ4n) is 2.33. The maximum Gasteiger partial charge on any atom is 0.243 e. The lowest BCUT2D eigenvalue weighted by atomic mass is 10.1. The van der Waals surface area contributed by atoms with Gasteiger partial charge in [-0.1, -0.05) is 34.6 Å². The smallest absolute Gasteiger partial charge is 0.243 e. The quantitative estimate of drug-likeness (QED) is 0.656. The first-order valence-electron chi connectivity index (χ1n) is 7.37. The SMILES string of the molecule is C=CC(=O)NCc1ccc(Oc2ccc(Br)cc2)c2ncccc12. The number of amides is 1. The van der Waals surface area contributed by atoms with Crippen molar-refractivity contribution in [2.45, 2.75) is 6.54 Å². The summed E-state index contributed by atoms with van der Waals surface area (Å²) < 4.78 is 6.95. The first kappa shape index (κ1) is 16.2. The molecule has 0 aliphatic heterocycles. The number of hydrogen-bond donors (Lipinski definition) is 1. The zero-order valence-corrected chi connectivity index (χ0v) is 14.4. The molecule has 0 aliphatic carbocycles. The molecule has 3 rings (SSSR count). The van der Waals surface area contributed by atoms with E-state index in [0.29, 0.717) is 12.3 Å². The van der Waals surface area contributed by atoms with Crippen LogP contribution >= 0.6 is 15.9 Å². The van der Waals surface area contributed by atoms with Crippen molar-refractivity contribution in [1.82, 2.24) is 10.3 Å². The van der Waals surface area contributed by atoms with Crippen LogP contribution in [-0.4, -0.2) is 10.9 Å². The fraction of sp³-hybridized carbons (Fsp3) is 0.0526. The Morgan fingerprint density at radius 1 is 1.21 bits per heavy atom. The van der Waals surface area contributed by atoms with E-state index in [1.165, 1.54) is 6.08 Å². The predicted octanol–water partition coefficient (Wildman–Crippen LogP) is 4.59. The van der Waals surface area contributed by atoms with Gasteiger partial charge in [-0.25, -0.2) is 0 Å². The van der Waals surface area contributed by atoms with Crippen LogP contribution < -0.4 is 10.1 Å². The molecule has 0 aliphatic rings. The normalized spacial score (nSPS) is 10.4. The number of nitrogens with one attached hydrogen (secondary N) is 1. The third kappa shape index (κ3) is 3.63.